The van der Waals surface area contributed by atoms with E-state index in [-0.39, 0.29) is 5.57 Å². The molecule has 0 aliphatic rings. The molecule has 0 bridgehead atoms. The van der Waals surface area contributed by atoms with Crippen molar-refractivity contribution >= 4 is 5.97 Å². The molecule has 0 amide bonds. The lowest BCUT2D eigenvalue weighted by atomic mass is 10.2. The first-order valence-electron chi connectivity index (χ1n) is 3.72. The molecule has 2 N–H and O–H groups in total. The van der Waals surface area contributed by atoms with Gasteiger partial charge in [-0.15, -0.1) is 0 Å². The Balaban J connectivity index is 3.54. The second kappa shape index (κ2) is 4.91. The second-order valence-electron chi connectivity index (χ2n) is 2.60. The van der Waals surface area contributed by atoms with Crippen LogP contribution in [-0.4, -0.2) is 23.7 Å². The first-order chi connectivity index (χ1) is 5.07. The van der Waals surface area contributed by atoms with Gasteiger partial charge in [0.25, 0.3) is 0 Å². The molecule has 0 aromatic carbocycles. The van der Waals surface area contributed by atoms with Crippen molar-refractivity contribution in [3.63, 3.8) is 0 Å². The summed E-state index contributed by atoms with van der Waals surface area (Å²) in [7, 11) is 0. The quantitative estimate of drug-likeness (QED) is 0.586. The smallest absolute Gasteiger partial charge is 0.332 e. The molecule has 0 fully saturated rings. The molecule has 0 spiro atoms. The number of carboxylic acid groups (broad SMARTS) is 1. The zero-order valence-electron chi connectivity index (χ0n) is 7.05. The van der Waals surface area contributed by atoms with E-state index in [1.165, 1.54) is 0 Å². The van der Waals surface area contributed by atoms with E-state index >= 15 is 0 Å². The summed E-state index contributed by atoms with van der Waals surface area (Å²) >= 11 is 0. The molecule has 1 unspecified atom stereocenters. The lowest BCUT2D eigenvalue weighted by Crippen LogP contribution is -2.28. The van der Waals surface area contributed by atoms with Gasteiger partial charge in [0, 0.05) is 18.2 Å². The summed E-state index contributed by atoms with van der Waals surface area (Å²) in [6, 6.07) is 0.353. The summed E-state index contributed by atoms with van der Waals surface area (Å²) < 4.78 is 0. The minimum Gasteiger partial charge on any atom is -0.478 e. The number of rotatable bonds is 5. The zero-order chi connectivity index (χ0) is 8.85. The van der Waals surface area contributed by atoms with E-state index in [1.54, 1.807) is 0 Å². The van der Waals surface area contributed by atoms with E-state index in [9.17, 15) is 4.79 Å². The van der Waals surface area contributed by atoms with Crippen LogP contribution < -0.4 is 5.32 Å². The average Bonchev–Trinajstić information content (AvgIpc) is 1.99. The zero-order valence-corrected chi connectivity index (χ0v) is 7.05. The van der Waals surface area contributed by atoms with Crippen molar-refractivity contribution in [2.24, 2.45) is 0 Å². The van der Waals surface area contributed by atoms with Gasteiger partial charge < -0.3 is 10.4 Å². The molecule has 0 saturated heterocycles. The van der Waals surface area contributed by atoms with Crippen LogP contribution in [0.5, 0.6) is 0 Å². The molecule has 64 valence electrons. The highest BCUT2D eigenvalue weighted by Crippen LogP contribution is 1.91. The Morgan fingerprint density at radius 1 is 1.73 bits per heavy atom. The fourth-order valence-electron chi connectivity index (χ4n) is 0.517. The predicted octanol–water partition coefficient (Wildman–Crippen LogP) is 1.02. The van der Waals surface area contributed by atoms with Gasteiger partial charge in [0.2, 0.25) is 0 Å². The van der Waals surface area contributed by atoms with Gasteiger partial charge >= 0.3 is 5.97 Å². The maximum atomic E-state index is 10.3. The lowest BCUT2D eigenvalue weighted by Gasteiger charge is -2.10. The van der Waals surface area contributed by atoms with Crippen molar-refractivity contribution in [3.8, 4) is 0 Å². The molecular weight excluding hydrogens is 142 g/mol. The summed E-state index contributed by atoms with van der Waals surface area (Å²) in [4.78, 5) is 10.3. The summed E-state index contributed by atoms with van der Waals surface area (Å²) in [5.74, 6) is -0.930. The van der Waals surface area contributed by atoms with E-state index in [1.807, 2.05) is 13.8 Å². The van der Waals surface area contributed by atoms with Gasteiger partial charge in [-0.05, 0) is 13.3 Å². The summed E-state index contributed by atoms with van der Waals surface area (Å²) in [5.41, 5.74) is 0.213. The van der Waals surface area contributed by atoms with Crippen molar-refractivity contribution in [2.75, 3.05) is 6.54 Å². The molecule has 0 aromatic heterocycles. The van der Waals surface area contributed by atoms with E-state index in [0.717, 1.165) is 6.42 Å². The SMILES string of the molecule is C=C(CNC(C)CC)C(=O)O. The molecule has 1 atom stereocenters. The molecule has 0 radical (unpaired) electrons. The van der Waals surface area contributed by atoms with Crippen LogP contribution in [0.2, 0.25) is 0 Å². The van der Waals surface area contributed by atoms with Gasteiger partial charge in [-0.25, -0.2) is 4.79 Å². The summed E-state index contributed by atoms with van der Waals surface area (Å²) in [6.07, 6.45) is 0.993. The Morgan fingerprint density at radius 3 is 2.64 bits per heavy atom. The molecule has 0 rings (SSSR count). The highest BCUT2D eigenvalue weighted by molar-refractivity contribution is 5.86. The van der Waals surface area contributed by atoms with Crippen LogP contribution in [0, 0.1) is 0 Å². The van der Waals surface area contributed by atoms with Gasteiger partial charge in [-0.2, -0.15) is 0 Å². The monoisotopic (exact) mass is 157 g/mol. The van der Waals surface area contributed by atoms with Gasteiger partial charge in [0.05, 0.1) is 0 Å². The van der Waals surface area contributed by atoms with E-state index in [4.69, 9.17) is 5.11 Å². The van der Waals surface area contributed by atoms with Crippen molar-refractivity contribution in [1.82, 2.24) is 5.32 Å². The first kappa shape index (κ1) is 10.2. The third-order valence-corrected chi connectivity index (χ3v) is 1.58. The number of carboxylic acids is 1. The Hall–Kier alpha value is -0.830. The van der Waals surface area contributed by atoms with Gasteiger partial charge in [0.1, 0.15) is 0 Å². The van der Waals surface area contributed by atoms with Crippen LogP contribution in [0.25, 0.3) is 0 Å². The van der Waals surface area contributed by atoms with Crippen LogP contribution >= 0.6 is 0 Å². The van der Waals surface area contributed by atoms with Gasteiger partial charge in [0.15, 0.2) is 0 Å². The van der Waals surface area contributed by atoms with Crippen molar-refractivity contribution in [2.45, 2.75) is 26.3 Å². The van der Waals surface area contributed by atoms with Crippen LogP contribution in [0.3, 0.4) is 0 Å². The summed E-state index contributed by atoms with van der Waals surface area (Å²) in [5, 5.41) is 11.5. The fraction of sp³-hybridized carbons (Fsp3) is 0.625. The molecular formula is C8H15NO2. The van der Waals surface area contributed by atoms with E-state index < -0.39 is 5.97 Å². The predicted molar refractivity (Wildman–Crippen MR) is 44.5 cm³/mol. The van der Waals surface area contributed by atoms with Gasteiger partial charge in [-0.3, -0.25) is 0 Å². The molecule has 3 heteroatoms. The minimum atomic E-state index is -0.930. The average molecular weight is 157 g/mol. The van der Waals surface area contributed by atoms with Crippen molar-refractivity contribution in [1.29, 1.82) is 0 Å². The van der Waals surface area contributed by atoms with Crippen molar-refractivity contribution < 1.29 is 9.90 Å². The van der Waals surface area contributed by atoms with Crippen LogP contribution in [0.4, 0.5) is 0 Å². The molecule has 11 heavy (non-hydrogen) atoms. The van der Waals surface area contributed by atoms with Crippen LogP contribution in [0.1, 0.15) is 20.3 Å². The first-order valence-corrected chi connectivity index (χ1v) is 3.72. The molecule has 0 aliphatic heterocycles. The molecule has 0 aromatic rings. The highest BCUT2D eigenvalue weighted by atomic mass is 16.4. The Labute approximate surface area is 67.1 Å². The van der Waals surface area contributed by atoms with Crippen molar-refractivity contribution in [3.05, 3.63) is 12.2 Å². The Bertz CT molecular complexity index is 154. The third kappa shape index (κ3) is 4.56. The minimum absolute atomic E-state index is 0.213. The largest absolute Gasteiger partial charge is 0.478 e. The standard InChI is InChI=1S/C8H15NO2/c1-4-7(3)9-5-6(2)8(10)11/h7,9H,2,4-5H2,1,3H3,(H,10,11). The lowest BCUT2D eigenvalue weighted by molar-refractivity contribution is -0.132. The summed E-state index contributed by atoms with van der Waals surface area (Å²) in [6.45, 7) is 7.82. The normalized spacial score (nSPS) is 12.5. The highest BCUT2D eigenvalue weighted by Gasteiger charge is 2.04. The fourth-order valence-corrected chi connectivity index (χ4v) is 0.517. The molecule has 3 nitrogen and oxygen atoms in total. The molecule has 0 aliphatic carbocycles. The van der Waals surface area contributed by atoms with Crippen LogP contribution in [0.15, 0.2) is 12.2 Å². The Morgan fingerprint density at radius 2 is 2.27 bits per heavy atom. The van der Waals surface area contributed by atoms with E-state index in [2.05, 4.69) is 11.9 Å². The number of nitrogens with one attached hydrogen (secondary N) is 1. The topological polar surface area (TPSA) is 49.3 Å². The third-order valence-electron chi connectivity index (χ3n) is 1.58. The molecule has 0 heterocycles. The Kier molecular flexibility index (Phi) is 4.54. The second-order valence-corrected chi connectivity index (χ2v) is 2.60. The maximum absolute atomic E-state index is 10.3. The molecule has 0 saturated carbocycles. The number of carbonyl (C=O) groups is 1. The number of hydrogen-bond donors (Lipinski definition) is 2. The van der Waals surface area contributed by atoms with E-state index in [0.29, 0.717) is 12.6 Å². The van der Waals surface area contributed by atoms with Crippen LogP contribution in [-0.2, 0) is 4.79 Å². The maximum Gasteiger partial charge on any atom is 0.332 e. The van der Waals surface area contributed by atoms with Gasteiger partial charge in [-0.1, -0.05) is 13.5 Å². The number of hydrogen-bond acceptors (Lipinski definition) is 2. The number of aliphatic carboxylic acids is 1.